The highest BCUT2D eigenvalue weighted by atomic mass is 127. The molecule has 0 saturated carbocycles. The summed E-state index contributed by atoms with van der Waals surface area (Å²) in [5.41, 5.74) is 2.26. The molecule has 1 aromatic carbocycles. The average molecular weight is 526 g/mol. The molecule has 1 aliphatic heterocycles. The van der Waals surface area contributed by atoms with Crippen LogP contribution in [0.2, 0.25) is 0 Å². The summed E-state index contributed by atoms with van der Waals surface area (Å²) in [5.74, 6) is 1.49. The molecule has 1 atom stereocenters. The summed E-state index contributed by atoms with van der Waals surface area (Å²) in [6, 6.07) is 10.2. The van der Waals surface area contributed by atoms with E-state index in [1.165, 1.54) is 5.56 Å². The zero-order valence-corrected chi connectivity index (χ0v) is 20.6. The number of morpholine rings is 1. The molecular weight excluding hydrogens is 491 g/mol. The topological polar surface area (TPSA) is 66.7 Å². The van der Waals surface area contributed by atoms with Crippen LogP contribution < -0.4 is 10.6 Å². The number of hydrogen-bond acceptors (Lipinski definition) is 4. The van der Waals surface area contributed by atoms with Gasteiger partial charge in [0.1, 0.15) is 0 Å². The molecule has 3 rings (SSSR count). The zero-order valence-electron chi connectivity index (χ0n) is 18.3. The van der Waals surface area contributed by atoms with Crippen LogP contribution in [0, 0.1) is 5.92 Å². The van der Waals surface area contributed by atoms with E-state index in [-0.39, 0.29) is 30.1 Å². The van der Waals surface area contributed by atoms with Crippen molar-refractivity contribution in [1.29, 1.82) is 0 Å². The van der Waals surface area contributed by atoms with Gasteiger partial charge in [-0.2, -0.15) is 5.10 Å². The van der Waals surface area contributed by atoms with Crippen molar-refractivity contribution in [3.8, 4) is 5.69 Å². The number of hydrogen-bond donors (Lipinski definition) is 2. The van der Waals surface area contributed by atoms with Crippen LogP contribution in [0.25, 0.3) is 5.69 Å². The highest BCUT2D eigenvalue weighted by molar-refractivity contribution is 14.0. The number of aliphatic imine (C=N–C) groups is 1. The Balaban J connectivity index is 0.00000320. The van der Waals surface area contributed by atoms with Gasteiger partial charge in [-0.25, -0.2) is 4.68 Å². The third-order valence-electron chi connectivity index (χ3n) is 4.93. The smallest absolute Gasteiger partial charge is 0.191 e. The van der Waals surface area contributed by atoms with E-state index in [9.17, 15) is 0 Å². The first kappa shape index (κ1) is 24.6. The third kappa shape index (κ3) is 7.88. The summed E-state index contributed by atoms with van der Waals surface area (Å²) < 4.78 is 7.81. The van der Waals surface area contributed by atoms with Gasteiger partial charge in [0.15, 0.2) is 5.96 Å². The first-order chi connectivity index (χ1) is 14.1. The Kier molecular flexibility index (Phi) is 10.6. The lowest BCUT2D eigenvalue weighted by molar-refractivity contribution is -0.0284. The number of para-hydroxylation sites is 1. The highest BCUT2D eigenvalue weighted by Gasteiger charge is 2.21. The van der Waals surface area contributed by atoms with Gasteiger partial charge >= 0.3 is 0 Å². The second-order valence-corrected chi connectivity index (χ2v) is 7.90. The first-order valence-electron chi connectivity index (χ1n) is 10.5. The fourth-order valence-corrected chi connectivity index (χ4v) is 3.55. The number of rotatable bonds is 8. The Labute approximate surface area is 197 Å². The van der Waals surface area contributed by atoms with Crippen LogP contribution >= 0.6 is 24.0 Å². The van der Waals surface area contributed by atoms with E-state index in [0.29, 0.717) is 5.92 Å². The molecular formula is C22H35IN6O. The van der Waals surface area contributed by atoms with Gasteiger partial charge in [0, 0.05) is 46.0 Å². The second kappa shape index (κ2) is 12.9. The number of ether oxygens (including phenoxy) is 1. The second-order valence-electron chi connectivity index (χ2n) is 7.90. The van der Waals surface area contributed by atoms with E-state index in [2.05, 4.69) is 57.8 Å². The van der Waals surface area contributed by atoms with Crippen molar-refractivity contribution in [2.75, 3.05) is 46.4 Å². The molecule has 8 heteroatoms. The van der Waals surface area contributed by atoms with Crippen molar-refractivity contribution in [2.24, 2.45) is 10.9 Å². The Morgan fingerprint density at radius 3 is 2.80 bits per heavy atom. The summed E-state index contributed by atoms with van der Waals surface area (Å²) in [5, 5.41) is 11.2. The normalized spacial score (nSPS) is 17.6. The van der Waals surface area contributed by atoms with Gasteiger partial charge in [-0.15, -0.1) is 24.0 Å². The molecule has 2 heterocycles. The SMILES string of the molecule is CN=C(NCCc1cnn(-c2ccccc2)c1)NCC1CN(CC(C)C)CCO1.I. The number of guanidine groups is 1. The predicted octanol–water partition coefficient (Wildman–Crippen LogP) is 2.55. The van der Waals surface area contributed by atoms with Gasteiger partial charge in [0.05, 0.1) is 24.6 Å². The lowest BCUT2D eigenvalue weighted by Crippen LogP contribution is -2.50. The van der Waals surface area contributed by atoms with Gasteiger partial charge in [0.2, 0.25) is 0 Å². The van der Waals surface area contributed by atoms with Crippen LogP contribution in [0.4, 0.5) is 0 Å². The molecule has 166 valence electrons. The lowest BCUT2D eigenvalue weighted by atomic mass is 10.2. The fourth-order valence-electron chi connectivity index (χ4n) is 3.55. The molecule has 0 bridgehead atoms. The van der Waals surface area contributed by atoms with Crippen molar-refractivity contribution in [3.63, 3.8) is 0 Å². The third-order valence-corrected chi connectivity index (χ3v) is 4.93. The minimum absolute atomic E-state index is 0. The van der Waals surface area contributed by atoms with E-state index in [0.717, 1.165) is 57.4 Å². The number of benzene rings is 1. The minimum Gasteiger partial charge on any atom is -0.374 e. The van der Waals surface area contributed by atoms with Crippen LogP contribution in [0.15, 0.2) is 47.7 Å². The summed E-state index contributed by atoms with van der Waals surface area (Å²) >= 11 is 0. The van der Waals surface area contributed by atoms with Gasteiger partial charge in [-0.05, 0) is 30.0 Å². The molecule has 2 N–H and O–H groups in total. The van der Waals surface area contributed by atoms with Crippen molar-refractivity contribution >= 4 is 29.9 Å². The van der Waals surface area contributed by atoms with Gasteiger partial charge in [-0.1, -0.05) is 32.0 Å². The summed E-state index contributed by atoms with van der Waals surface area (Å²) in [6.45, 7) is 10.0. The van der Waals surface area contributed by atoms with Crippen molar-refractivity contribution < 1.29 is 4.74 Å². The highest BCUT2D eigenvalue weighted by Crippen LogP contribution is 2.08. The number of aromatic nitrogens is 2. The zero-order chi connectivity index (χ0) is 20.5. The van der Waals surface area contributed by atoms with Gasteiger partial charge in [-0.3, -0.25) is 9.89 Å². The quantitative estimate of drug-likeness (QED) is 0.315. The molecule has 7 nitrogen and oxygen atoms in total. The molecule has 0 amide bonds. The Bertz CT molecular complexity index is 764. The van der Waals surface area contributed by atoms with E-state index in [1.807, 2.05) is 29.1 Å². The summed E-state index contributed by atoms with van der Waals surface area (Å²) in [6.07, 6.45) is 5.08. The Morgan fingerprint density at radius 2 is 2.07 bits per heavy atom. The van der Waals surface area contributed by atoms with Crippen LogP contribution in [0.5, 0.6) is 0 Å². The van der Waals surface area contributed by atoms with E-state index < -0.39 is 0 Å². The summed E-state index contributed by atoms with van der Waals surface area (Å²) in [7, 11) is 1.80. The number of nitrogens with one attached hydrogen (secondary N) is 2. The molecule has 1 aliphatic rings. The average Bonchev–Trinajstić information content (AvgIpc) is 3.20. The maximum Gasteiger partial charge on any atom is 0.191 e. The maximum absolute atomic E-state index is 5.91. The molecule has 1 saturated heterocycles. The minimum atomic E-state index is 0. The monoisotopic (exact) mass is 526 g/mol. The molecule has 1 fully saturated rings. The Morgan fingerprint density at radius 1 is 1.27 bits per heavy atom. The Hall–Kier alpha value is -1.65. The van der Waals surface area contributed by atoms with Crippen molar-refractivity contribution in [2.45, 2.75) is 26.4 Å². The molecule has 1 unspecified atom stereocenters. The predicted molar refractivity (Wildman–Crippen MR) is 133 cm³/mol. The number of halogens is 1. The van der Waals surface area contributed by atoms with E-state index in [4.69, 9.17) is 4.74 Å². The summed E-state index contributed by atoms with van der Waals surface area (Å²) in [4.78, 5) is 6.82. The first-order valence-corrected chi connectivity index (χ1v) is 10.5. The van der Waals surface area contributed by atoms with Crippen LogP contribution in [-0.4, -0.2) is 73.1 Å². The van der Waals surface area contributed by atoms with Gasteiger partial charge in [0.25, 0.3) is 0 Å². The van der Waals surface area contributed by atoms with E-state index in [1.54, 1.807) is 7.05 Å². The molecule has 1 aromatic heterocycles. The maximum atomic E-state index is 5.91. The van der Waals surface area contributed by atoms with Crippen LogP contribution in [-0.2, 0) is 11.2 Å². The molecule has 0 spiro atoms. The molecule has 2 aromatic rings. The number of nitrogens with zero attached hydrogens (tertiary/aromatic N) is 4. The van der Waals surface area contributed by atoms with Crippen LogP contribution in [0.3, 0.4) is 0 Å². The van der Waals surface area contributed by atoms with E-state index >= 15 is 0 Å². The van der Waals surface area contributed by atoms with Crippen LogP contribution in [0.1, 0.15) is 19.4 Å². The standard InChI is InChI=1S/C22H34N6O.HI/c1-18(2)15-27-11-12-29-21(17-27)14-25-22(23-3)24-10-9-19-13-26-28(16-19)20-7-5-4-6-8-20;/h4-8,13,16,18,21H,9-12,14-15,17H2,1-3H3,(H2,23,24,25);1H. The lowest BCUT2D eigenvalue weighted by Gasteiger charge is -2.34. The van der Waals surface area contributed by atoms with Gasteiger partial charge < -0.3 is 15.4 Å². The fraction of sp³-hybridized carbons (Fsp3) is 0.545. The molecule has 0 radical (unpaired) electrons. The van der Waals surface area contributed by atoms with Crippen molar-refractivity contribution in [1.82, 2.24) is 25.3 Å². The molecule has 0 aliphatic carbocycles. The largest absolute Gasteiger partial charge is 0.374 e. The molecule has 30 heavy (non-hydrogen) atoms. The van der Waals surface area contributed by atoms with Crippen molar-refractivity contribution in [3.05, 3.63) is 48.3 Å².